The molecule has 1 saturated heterocycles. The molecule has 174 valence electrons. The second-order valence-corrected chi connectivity index (χ2v) is 9.95. The molecule has 0 saturated carbocycles. The first-order valence-electron chi connectivity index (χ1n) is 11.4. The second-order valence-electron chi connectivity index (χ2n) is 9.06. The molecule has 7 nitrogen and oxygen atoms in total. The van der Waals surface area contributed by atoms with Crippen LogP contribution in [0.5, 0.6) is 0 Å². The van der Waals surface area contributed by atoms with E-state index in [-0.39, 0.29) is 11.9 Å². The lowest BCUT2D eigenvalue weighted by Crippen LogP contribution is -2.35. The highest BCUT2D eigenvalue weighted by atomic mass is 32.1. The van der Waals surface area contributed by atoms with Crippen LogP contribution in [0.2, 0.25) is 0 Å². The molecule has 1 aliphatic heterocycles. The average molecular weight is 474 g/mol. The Balaban J connectivity index is 1.36. The van der Waals surface area contributed by atoms with E-state index < -0.39 is 5.54 Å². The molecular weight excluding hydrogens is 446 g/mol. The summed E-state index contributed by atoms with van der Waals surface area (Å²) in [6.07, 6.45) is 2.47. The number of rotatable bonds is 6. The van der Waals surface area contributed by atoms with Crippen molar-refractivity contribution in [2.45, 2.75) is 44.7 Å². The molecule has 1 fully saturated rings. The van der Waals surface area contributed by atoms with Gasteiger partial charge < -0.3 is 15.1 Å². The summed E-state index contributed by atoms with van der Waals surface area (Å²) < 4.78 is 5.98. The molecule has 2 N–H and O–H groups in total. The molecule has 5 rings (SSSR count). The van der Waals surface area contributed by atoms with Crippen LogP contribution >= 0.6 is 11.3 Å². The van der Waals surface area contributed by atoms with Gasteiger partial charge in [-0.2, -0.15) is 0 Å². The molecular formula is C26H27N5O2S. The Kier molecular flexibility index (Phi) is 6.02. The Labute approximate surface area is 202 Å². The molecule has 1 amide bonds. The van der Waals surface area contributed by atoms with Crippen LogP contribution in [0.4, 0.5) is 0 Å². The normalized spacial score (nSPS) is 17.6. The van der Waals surface area contributed by atoms with E-state index in [1.54, 1.807) is 11.3 Å². The number of carbonyl (C=O) groups is 1. The Morgan fingerprint density at radius 1 is 1.21 bits per heavy atom. The highest BCUT2D eigenvalue weighted by Gasteiger charge is 2.33. The predicted molar refractivity (Wildman–Crippen MR) is 131 cm³/mol. The fourth-order valence-corrected chi connectivity index (χ4v) is 5.35. The van der Waals surface area contributed by atoms with E-state index >= 15 is 0 Å². The molecule has 4 aromatic rings. The number of aryl methyl sites for hydroxylation is 1. The smallest absolute Gasteiger partial charge is 0.254 e. The molecule has 0 radical (unpaired) electrons. The maximum Gasteiger partial charge on any atom is 0.254 e. The van der Waals surface area contributed by atoms with E-state index in [0.717, 1.165) is 35.7 Å². The summed E-state index contributed by atoms with van der Waals surface area (Å²) in [7, 11) is 0. The van der Waals surface area contributed by atoms with Crippen molar-refractivity contribution in [2.24, 2.45) is 5.73 Å². The van der Waals surface area contributed by atoms with Gasteiger partial charge in [-0.05, 0) is 56.9 Å². The Bertz CT molecular complexity index is 1300. The van der Waals surface area contributed by atoms with Gasteiger partial charge in [0, 0.05) is 28.7 Å². The molecule has 0 spiro atoms. The number of benzene rings is 2. The van der Waals surface area contributed by atoms with Gasteiger partial charge in [0.05, 0.1) is 11.6 Å². The van der Waals surface area contributed by atoms with Crippen molar-refractivity contribution in [1.29, 1.82) is 0 Å². The van der Waals surface area contributed by atoms with Gasteiger partial charge in [0.15, 0.2) is 0 Å². The number of thiazole rings is 1. The van der Waals surface area contributed by atoms with Gasteiger partial charge >= 0.3 is 0 Å². The number of carbonyl (C=O) groups excluding carboxylic acids is 1. The first-order valence-corrected chi connectivity index (χ1v) is 12.3. The van der Waals surface area contributed by atoms with Crippen molar-refractivity contribution in [2.75, 3.05) is 6.54 Å². The van der Waals surface area contributed by atoms with E-state index in [1.807, 2.05) is 78.7 Å². The van der Waals surface area contributed by atoms with Crippen LogP contribution in [-0.2, 0) is 12.0 Å². The van der Waals surface area contributed by atoms with E-state index in [9.17, 15) is 4.79 Å². The van der Waals surface area contributed by atoms with Gasteiger partial charge in [-0.25, -0.2) is 4.98 Å². The first kappa shape index (κ1) is 22.4. The zero-order valence-corrected chi connectivity index (χ0v) is 20.1. The molecule has 8 heteroatoms. The summed E-state index contributed by atoms with van der Waals surface area (Å²) in [5.74, 6) is 0.703. The maximum absolute atomic E-state index is 13.4. The maximum atomic E-state index is 13.4. The van der Waals surface area contributed by atoms with Crippen LogP contribution in [0, 0.1) is 6.92 Å². The highest BCUT2D eigenvalue weighted by molar-refractivity contribution is 7.09. The fourth-order valence-electron chi connectivity index (χ4n) is 4.41. The van der Waals surface area contributed by atoms with Crippen LogP contribution in [0.3, 0.4) is 0 Å². The van der Waals surface area contributed by atoms with Crippen LogP contribution in [0.25, 0.3) is 11.5 Å². The topological polar surface area (TPSA) is 98.1 Å². The molecule has 1 aliphatic rings. The third-order valence-electron chi connectivity index (χ3n) is 6.12. The zero-order valence-electron chi connectivity index (χ0n) is 19.3. The lowest BCUT2D eigenvalue weighted by molar-refractivity contribution is 0.0735. The van der Waals surface area contributed by atoms with Gasteiger partial charge in [0.2, 0.25) is 11.8 Å². The average Bonchev–Trinajstić information content (AvgIpc) is 3.59. The minimum atomic E-state index is -0.811. The number of nitrogens with two attached hydrogens (primary N) is 1. The van der Waals surface area contributed by atoms with Crippen LogP contribution in [-0.4, -0.2) is 32.5 Å². The fraction of sp³-hybridized carbons (Fsp3) is 0.308. The summed E-state index contributed by atoms with van der Waals surface area (Å²) in [4.78, 5) is 19.9. The Morgan fingerprint density at radius 2 is 2.03 bits per heavy atom. The van der Waals surface area contributed by atoms with Gasteiger partial charge in [-0.15, -0.1) is 21.5 Å². The van der Waals surface area contributed by atoms with E-state index in [0.29, 0.717) is 29.3 Å². The third-order valence-corrected chi connectivity index (χ3v) is 7.18. The first-order chi connectivity index (χ1) is 16.4. The SMILES string of the molecule is Cc1csc([C@H]2CCCN2C(=O)c2cccc(-c3nnc([C@@](C)(N)Cc4ccccc4)o3)c2)n1. The number of hydrogen-bond donors (Lipinski definition) is 1. The molecule has 3 heterocycles. The lowest BCUT2D eigenvalue weighted by atomic mass is 9.94. The number of aromatic nitrogens is 3. The molecule has 2 aromatic heterocycles. The van der Waals surface area contributed by atoms with E-state index in [1.165, 1.54) is 0 Å². The number of amides is 1. The third kappa shape index (κ3) is 4.51. The summed E-state index contributed by atoms with van der Waals surface area (Å²) in [6, 6.07) is 17.4. The predicted octanol–water partition coefficient (Wildman–Crippen LogP) is 4.90. The number of likely N-dealkylation sites (tertiary alicyclic amines) is 1. The van der Waals surface area contributed by atoms with Gasteiger partial charge in [0.1, 0.15) is 5.01 Å². The largest absolute Gasteiger partial charge is 0.419 e. The van der Waals surface area contributed by atoms with Crippen molar-refractivity contribution in [3.63, 3.8) is 0 Å². The molecule has 2 aromatic carbocycles. The number of nitrogens with zero attached hydrogens (tertiary/aromatic N) is 4. The van der Waals surface area contributed by atoms with Crippen LogP contribution in [0.15, 0.2) is 64.4 Å². The molecule has 2 atom stereocenters. The molecule has 0 bridgehead atoms. The van der Waals surface area contributed by atoms with Crippen molar-refractivity contribution in [3.8, 4) is 11.5 Å². The summed E-state index contributed by atoms with van der Waals surface area (Å²) >= 11 is 1.62. The highest BCUT2D eigenvalue weighted by Crippen LogP contribution is 2.35. The van der Waals surface area contributed by atoms with Crippen LogP contribution in [0.1, 0.15) is 58.3 Å². The zero-order chi connectivity index (χ0) is 23.7. The van der Waals surface area contributed by atoms with Crippen molar-refractivity contribution in [1.82, 2.24) is 20.1 Å². The lowest BCUT2D eigenvalue weighted by Gasteiger charge is -2.23. The van der Waals surface area contributed by atoms with Gasteiger partial charge in [-0.3, -0.25) is 4.79 Å². The van der Waals surface area contributed by atoms with Crippen LogP contribution < -0.4 is 5.73 Å². The van der Waals surface area contributed by atoms with Crippen molar-refractivity contribution in [3.05, 3.63) is 87.7 Å². The van der Waals surface area contributed by atoms with Crippen molar-refractivity contribution >= 4 is 17.2 Å². The summed E-state index contributed by atoms with van der Waals surface area (Å²) in [6.45, 7) is 4.59. The Hall–Kier alpha value is -3.36. The quantitative estimate of drug-likeness (QED) is 0.428. The van der Waals surface area contributed by atoms with E-state index in [4.69, 9.17) is 10.2 Å². The summed E-state index contributed by atoms with van der Waals surface area (Å²) in [5.41, 5.74) is 9.10. The molecule has 0 unspecified atom stereocenters. The molecule has 34 heavy (non-hydrogen) atoms. The Morgan fingerprint density at radius 3 is 2.79 bits per heavy atom. The molecule has 0 aliphatic carbocycles. The van der Waals surface area contributed by atoms with Crippen molar-refractivity contribution < 1.29 is 9.21 Å². The minimum Gasteiger partial charge on any atom is -0.419 e. The van der Waals surface area contributed by atoms with Gasteiger partial charge in [-0.1, -0.05) is 36.4 Å². The summed E-state index contributed by atoms with van der Waals surface area (Å²) in [5, 5.41) is 11.5. The monoisotopic (exact) mass is 473 g/mol. The van der Waals surface area contributed by atoms with E-state index in [2.05, 4.69) is 15.2 Å². The van der Waals surface area contributed by atoms with Gasteiger partial charge in [0.25, 0.3) is 5.91 Å². The number of hydrogen-bond acceptors (Lipinski definition) is 7. The standard InChI is InChI=1S/C26H27N5O2S/c1-17-16-34-23(28-17)21-12-7-13-31(21)24(32)20-11-6-10-19(14-20)22-29-30-25(33-22)26(2,27)15-18-8-4-3-5-9-18/h3-6,8-11,14,16,21H,7,12-13,15,27H2,1-2H3/t21-,26+/m1/s1. The second kappa shape index (κ2) is 9.12. The minimum absolute atomic E-state index is 0.00955.